The zero-order valence-corrected chi connectivity index (χ0v) is 22.5. The van der Waals surface area contributed by atoms with Crippen molar-refractivity contribution in [3.05, 3.63) is 73.4 Å². The highest BCUT2D eigenvalue weighted by Gasteiger charge is 2.34. The molecule has 0 fully saturated rings. The number of hydrogen-bond donors (Lipinski definition) is 1. The molecule has 0 aromatic heterocycles. The van der Waals surface area contributed by atoms with Gasteiger partial charge in [0.05, 0.1) is 21.4 Å². The lowest BCUT2D eigenvalue weighted by Crippen LogP contribution is -2.15. The predicted octanol–water partition coefficient (Wildman–Crippen LogP) is 7.11. The van der Waals surface area contributed by atoms with Gasteiger partial charge in [-0.05, 0) is 108 Å². The number of benzene rings is 3. The summed E-state index contributed by atoms with van der Waals surface area (Å²) in [5.41, 5.74) is 3.37. The maximum atomic E-state index is 10.5. The Morgan fingerprint density at radius 2 is 1.48 bits per heavy atom. The van der Waals surface area contributed by atoms with E-state index in [2.05, 4.69) is 121 Å². The molecule has 1 aliphatic heterocycles. The second kappa shape index (κ2) is 8.01. The van der Waals surface area contributed by atoms with Crippen LogP contribution in [0, 0.1) is 14.3 Å². The van der Waals surface area contributed by atoms with Crippen LogP contribution in [0.5, 0.6) is 23.0 Å². The van der Waals surface area contributed by atoms with Gasteiger partial charge in [0.2, 0.25) is 0 Å². The van der Waals surface area contributed by atoms with E-state index in [4.69, 9.17) is 9.47 Å². The Kier molecular flexibility index (Phi) is 6.01. The van der Waals surface area contributed by atoms with E-state index in [9.17, 15) is 5.11 Å². The van der Waals surface area contributed by atoms with E-state index in [0.717, 1.165) is 42.7 Å². The van der Waals surface area contributed by atoms with Crippen molar-refractivity contribution in [2.75, 3.05) is 7.11 Å². The molecule has 0 saturated heterocycles. The van der Waals surface area contributed by atoms with Crippen molar-refractivity contribution in [2.45, 2.75) is 5.92 Å². The number of methoxy groups -OCH3 is 1. The molecule has 3 aromatic carbocycles. The van der Waals surface area contributed by atoms with E-state index < -0.39 is 0 Å². The van der Waals surface area contributed by atoms with Crippen LogP contribution in [0.25, 0.3) is 0 Å². The summed E-state index contributed by atoms with van der Waals surface area (Å²) in [6.07, 6.45) is 0. The first kappa shape index (κ1) is 20.3. The zero-order chi connectivity index (χ0) is 19.3. The van der Waals surface area contributed by atoms with Crippen molar-refractivity contribution in [2.24, 2.45) is 0 Å². The van der Waals surface area contributed by atoms with Gasteiger partial charge in [0, 0.05) is 17.0 Å². The van der Waals surface area contributed by atoms with E-state index in [1.807, 2.05) is 12.1 Å². The molecule has 1 atom stereocenters. The highest BCUT2D eigenvalue weighted by atomic mass is 127. The average molecular weight is 808 g/mol. The predicted molar refractivity (Wildman–Crippen MR) is 139 cm³/mol. The summed E-state index contributed by atoms with van der Waals surface area (Å²) >= 11 is 8.93. The molecule has 0 amide bonds. The van der Waals surface area contributed by atoms with Crippen molar-refractivity contribution in [1.82, 2.24) is 0 Å². The minimum Gasteiger partial charge on any atom is -0.506 e. The molecule has 4 rings (SSSR count). The second-order valence-electron chi connectivity index (χ2n) is 6.01. The zero-order valence-electron chi connectivity index (χ0n) is 13.9. The highest BCUT2D eigenvalue weighted by Crippen LogP contribution is 2.54. The number of hydrogen-bond acceptors (Lipinski definition) is 3. The Hall–Kier alpha value is -0.0200. The van der Waals surface area contributed by atoms with Gasteiger partial charge in [-0.25, -0.2) is 0 Å². The molecule has 27 heavy (non-hydrogen) atoms. The van der Waals surface area contributed by atoms with Crippen LogP contribution in [-0.2, 0) is 0 Å². The minimum absolute atomic E-state index is 0.0283. The van der Waals surface area contributed by atoms with Crippen molar-refractivity contribution >= 4 is 90.4 Å². The van der Waals surface area contributed by atoms with Gasteiger partial charge in [0.1, 0.15) is 23.0 Å². The Bertz CT molecular complexity index is 1050. The van der Waals surface area contributed by atoms with Crippen molar-refractivity contribution in [3.8, 4) is 23.0 Å². The Labute approximate surface area is 211 Å². The summed E-state index contributed by atoms with van der Waals surface area (Å²) in [7, 11) is 1.68. The fraction of sp³-hybridized carbons (Fsp3) is 0.100. The molecule has 0 radical (unpaired) electrons. The number of ether oxygens (including phenoxy) is 2. The number of phenols is 1. The monoisotopic (exact) mass is 808 g/mol. The minimum atomic E-state index is 0.0283. The molecule has 3 aromatic rings. The van der Waals surface area contributed by atoms with Gasteiger partial charge < -0.3 is 14.6 Å². The lowest BCUT2D eigenvalue weighted by Gasteiger charge is -2.31. The summed E-state index contributed by atoms with van der Waals surface area (Å²) < 4.78 is 15.5. The molecule has 1 aliphatic rings. The average Bonchev–Trinajstić information content (AvgIpc) is 2.66. The van der Waals surface area contributed by atoms with Crippen molar-refractivity contribution in [3.63, 3.8) is 0 Å². The molecule has 1 N–H and O–H groups in total. The smallest absolute Gasteiger partial charge is 0.149 e. The topological polar surface area (TPSA) is 38.7 Å². The van der Waals surface area contributed by atoms with Crippen LogP contribution in [0.3, 0.4) is 0 Å². The van der Waals surface area contributed by atoms with Crippen molar-refractivity contribution < 1.29 is 14.6 Å². The lowest BCUT2D eigenvalue weighted by atomic mass is 9.82. The molecule has 7 heteroatoms. The van der Waals surface area contributed by atoms with Gasteiger partial charge in [-0.3, -0.25) is 0 Å². The van der Waals surface area contributed by atoms with Gasteiger partial charge in [-0.2, -0.15) is 0 Å². The van der Waals surface area contributed by atoms with Crippen LogP contribution in [0.15, 0.2) is 42.5 Å². The molecule has 0 aliphatic carbocycles. The van der Waals surface area contributed by atoms with Crippen LogP contribution in [0.1, 0.15) is 22.6 Å². The third-order valence-electron chi connectivity index (χ3n) is 4.50. The molecule has 138 valence electrons. The van der Waals surface area contributed by atoms with Gasteiger partial charge >= 0.3 is 0 Å². The van der Waals surface area contributed by atoms with Crippen LogP contribution in [0.2, 0.25) is 0 Å². The Morgan fingerprint density at radius 1 is 0.889 bits per heavy atom. The number of aromatic hydroxyl groups is 1. The summed E-state index contributed by atoms with van der Waals surface area (Å²) in [4.78, 5) is 0. The Morgan fingerprint density at radius 3 is 2.11 bits per heavy atom. The number of fused-ring (bicyclic) bond motifs is 2. The summed E-state index contributed by atoms with van der Waals surface area (Å²) in [5.74, 6) is 2.62. The quantitative estimate of drug-likeness (QED) is 0.220. The lowest BCUT2D eigenvalue weighted by molar-refractivity contribution is 0.394. The normalized spacial score (nSPS) is 14.9. The van der Waals surface area contributed by atoms with E-state index in [1.54, 1.807) is 7.11 Å². The van der Waals surface area contributed by atoms with E-state index in [0.29, 0.717) is 0 Å². The Balaban J connectivity index is 2.07. The maximum absolute atomic E-state index is 10.5. The molecule has 1 heterocycles. The van der Waals surface area contributed by atoms with Crippen molar-refractivity contribution in [1.29, 1.82) is 0 Å². The molecule has 1 unspecified atom stereocenters. The molecular weight excluding hydrogens is 796 g/mol. The number of halogens is 4. The first-order valence-corrected chi connectivity index (χ1v) is 12.2. The van der Waals surface area contributed by atoms with E-state index in [1.165, 1.54) is 5.56 Å². The molecule has 0 saturated carbocycles. The summed E-state index contributed by atoms with van der Waals surface area (Å²) in [5, 5.41) is 10.5. The van der Waals surface area contributed by atoms with Crippen LogP contribution in [0.4, 0.5) is 0 Å². The second-order valence-corrected chi connectivity index (χ2v) is 10.5. The molecule has 0 spiro atoms. The fourth-order valence-electron chi connectivity index (χ4n) is 3.31. The van der Waals surface area contributed by atoms with Crippen LogP contribution < -0.4 is 9.47 Å². The first-order chi connectivity index (χ1) is 12.9. The maximum Gasteiger partial charge on any atom is 0.149 e. The van der Waals surface area contributed by atoms with Gasteiger partial charge in [0.25, 0.3) is 0 Å². The summed E-state index contributed by atoms with van der Waals surface area (Å²) in [6, 6.07) is 14.6. The van der Waals surface area contributed by atoms with Gasteiger partial charge in [-0.15, -0.1) is 0 Å². The first-order valence-electron chi connectivity index (χ1n) is 7.93. The SMILES string of the molecule is COc1c(I)cc2c(c1I)Oc1c(cc(I)c(O)c1I)C2c1ccccc1. The third-order valence-corrected chi connectivity index (χ3v) is 8.11. The highest BCUT2D eigenvalue weighted by molar-refractivity contribution is 14.1. The third kappa shape index (κ3) is 3.43. The van der Waals surface area contributed by atoms with E-state index in [-0.39, 0.29) is 11.7 Å². The van der Waals surface area contributed by atoms with E-state index >= 15 is 0 Å². The van der Waals surface area contributed by atoms with Crippen LogP contribution >= 0.6 is 90.4 Å². The number of phenolic OH excluding ortho intramolecular Hbond substituents is 1. The fourth-order valence-corrected chi connectivity index (χ4v) is 7.42. The molecular formula is C20H12I4O3. The van der Waals surface area contributed by atoms with Crippen LogP contribution in [-0.4, -0.2) is 12.2 Å². The number of rotatable bonds is 2. The van der Waals surface area contributed by atoms with Gasteiger partial charge in [-0.1, -0.05) is 30.3 Å². The molecule has 0 bridgehead atoms. The molecule has 3 nitrogen and oxygen atoms in total. The van der Waals surface area contributed by atoms with Gasteiger partial charge in [0.15, 0.2) is 0 Å². The summed E-state index contributed by atoms with van der Waals surface area (Å²) in [6.45, 7) is 0. The largest absolute Gasteiger partial charge is 0.506 e. The standard InChI is InChI=1S/C20H12I4O3/c1-26-20-13(22)8-11-14(9-5-3-2-4-6-9)10-7-12(21)17(25)15(23)18(10)27-19(11)16(20)24/h2-8,14,25H,1H3.